The highest BCUT2D eigenvalue weighted by Gasteiger charge is 1.96. The highest BCUT2D eigenvalue weighted by atomic mass is 79.9. The van der Waals surface area contributed by atoms with Crippen LogP contribution in [-0.4, -0.2) is 10.3 Å². The molecule has 2 aromatic rings. The quantitative estimate of drug-likeness (QED) is 0.591. The molecule has 0 unspecified atom stereocenters. The molecule has 0 amide bonds. The summed E-state index contributed by atoms with van der Waals surface area (Å²) in [5, 5.41) is 2.65. The number of nitrogens with zero attached hydrogens (tertiary/aromatic N) is 1. The Kier molecular flexibility index (Phi) is 3.97. The number of pyridine rings is 1. The van der Waals surface area contributed by atoms with Gasteiger partial charge in [0.25, 0.3) is 0 Å². The molecule has 0 aliphatic carbocycles. The average molecular weight is 297 g/mol. The smallest absolute Gasteiger partial charge is 0.129 e. The first kappa shape index (κ1) is 11.6. The van der Waals surface area contributed by atoms with Gasteiger partial charge < -0.3 is 0 Å². The Bertz CT molecular complexity index is 522. The van der Waals surface area contributed by atoms with Crippen molar-refractivity contribution in [2.45, 2.75) is 6.42 Å². The van der Waals surface area contributed by atoms with Crippen molar-refractivity contribution in [2.75, 3.05) is 5.33 Å². The lowest BCUT2D eigenvalue weighted by molar-refractivity contribution is 1.27. The number of rotatable bonds is 3. The summed E-state index contributed by atoms with van der Waals surface area (Å²) in [4.78, 5) is 4.25. The van der Waals surface area contributed by atoms with Gasteiger partial charge in [-0.15, -0.1) is 0 Å². The van der Waals surface area contributed by atoms with Crippen molar-refractivity contribution < 1.29 is 0 Å². The molecule has 0 fully saturated rings. The summed E-state index contributed by atoms with van der Waals surface area (Å²) in [6.07, 6.45) is 5.31. The first-order valence-electron chi connectivity index (χ1n) is 5.08. The Morgan fingerprint density at radius 2 is 2.12 bits per heavy atom. The van der Waals surface area contributed by atoms with Gasteiger partial charge in [0.2, 0.25) is 0 Å². The summed E-state index contributed by atoms with van der Waals surface area (Å²) in [7, 11) is 0. The van der Waals surface area contributed by atoms with Crippen LogP contribution in [0.4, 0.5) is 0 Å². The summed E-state index contributed by atoms with van der Waals surface area (Å²) in [6, 6.07) is 9.97. The van der Waals surface area contributed by atoms with Gasteiger partial charge in [-0.2, -0.15) is 0 Å². The van der Waals surface area contributed by atoms with Gasteiger partial charge in [0, 0.05) is 10.7 Å². The SMILES string of the molecule is Clc1ccc2cc(C=CCCBr)ccc2n1. The van der Waals surface area contributed by atoms with E-state index >= 15 is 0 Å². The van der Waals surface area contributed by atoms with Crippen molar-refractivity contribution in [3.05, 3.63) is 47.1 Å². The average Bonchev–Trinajstić information content (AvgIpc) is 2.29. The lowest BCUT2D eigenvalue weighted by Crippen LogP contribution is -1.80. The number of hydrogen-bond donors (Lipinski definition) is 0. The Balaban J connectivity index is 2.33. The predicted octanol–water partition coefficient (Wildman–Crippen LogP) is 4.69. The summed E-state index contributed by atoms with van der Waals surface area (Å²) in [5.41, 5.74) is 2.13. The summed E-state index contributed by atoms with van der Waals surface area (Å²) >= 11 is 9.23. The minimum absolute atomic E-state index is 0.537. The Morgan fingerprint density at radius 1 is 1.25 bits per heavy atom. The number of aromatic nitrogens is 1. The molecule has 1 heterocycles. The lowest BCUT2D eigenvalue weighted by Gasteiger charge is -1.99. The van der Waals surface area contributed by atoms with Crippen molar-refractivity contribution in [3.63, 3.8) is 0 Å². The van der Waals surface area contributed by atoms with Crippen LogP contribution in [0.15, 0.2) is 36.4 Å². The van der Waals surface area contributed by atoms with E-state index in [0.717, 1.165) is 22.7 Å². The maximum absolute atomic E-state index is 5.83. The standard InChI is InChI=1S/C13H11BrClN/c14-8-2-1-3-10-4-6-12-11(9-10)5-7-13(15)16-12/h1,3-7,9H,2,8H2. The van der Waals surface area contributed by atoms with E-state index < -0.39 is 0 Å². The van der Waals surface area contributed by atoms with Crippen molar-refractivity contribution in [3.8, 4) is 0 Å². The third-order valence-electron chi connectivity index (χ3n) is 2.27. The van der Waals surface area contributed by atoms with Crippen molar-refractivity contribution in [1.82, 2.24) is 4.98 Å². The molecule has 0 saturated carbocycles. The third kappa shape index (κ3) is 2.83. The monoisotopic (exact) mass is 295 g/mol. The van der Waals surface area contributed by atoms with Crippen LogP contribution in [0.2, 0.25) is 5.15 Å². The fourth-order valence-corrected chi connectivity index (χ4v) is 1.92. The van der Waals surface area contributed by atoms with Crippen molar-refractivity contribution in [1.29, 1.82) is 0 Å². The van der Waals surface area contributed by atoms with E-state index in [9.17, 15) is 0 Å². The second-order valence-corrected chi connectivity index (χ2v) is 4.65. The number of halogens is 2. The molecule has 82 valence electrons. The van der Waals surface area contributed by atoms with Crippen LogP contribution in [-0.2, 0) is 0 Å². The number of allylic oxidation sites excluding steroid dienone is 1. The van der Waals surface area contributed by atoms with Gasteiger partial charge >= 0.3 is 0 Å². The fourth-order valence-electron chi connectivity index (χ4n) is 1.51. The molecular formula is C13H11BrClN. The summed E-state index contributed by atoms with van der Waals surface area (Å²) in [5.74, 6) is 0. The highest BCUT2D eigenvalue weighted by molar-refractivity contribution is 9.09. The van der Waals surface area contributed by atoms with Crippen LogP contribution in [0.3, 0.4) is 0 Å². The van der Waals surface area contributed by atoms with Gasteiger partial charge in [0.05, 0.1) is 5.52 Å². The topological polar surface area (TPSA) is 12.9 Å². The maximum atomic E-state index is 5.83. The molecule has 2 rings (SSSR count). The fraction of sp³-hybridized carbons (Fsp3) is 0.154. The molecule has 3 heteroatoms. The van der Waals surface area contributed by atoms with Crippen LogP contribution in [0, 0.1) is 0 Å². The van der Waals surface area contributed by atoms with E-state index in [1.165, 1.54) is 5.56 Å². The Labute approximate surface area is 108 Å². The molecule has 0 bridgehead atoms. The normalized spacial score (nSPS) is 11.4. The van der Waals surface area contributed by atoms with Gasteiger partial charge in [-0.05, 0) is 36.2 Å². The Hall–Kier alpha value is -0.860. The van der Waals surface area contributed by atoms with Crippen LogP contribution in [0.5, 0.6) is 0 Å². The van der Waals surface area contributed by atoms with Gasteiger partial charge in [-0.25, -0.2) is 4.98 Å². The molecule has 16 heavy (non-hydrogen) atoms. The van der Waals surface area contributed by atoms with Crippen molar-refractivity contribution in [2.24, 2.45) is 0 Å². The molecule has 0 aliphatic heterocycles. The van der Waals surface area contributed by atoms with Gasteiger partial charge in [-0.3, -0.25) is 0 Å². The van der Waals surface area contributed by atoms with Crippen LogP contribution in [0.25, 0.3) is 17.0 Å². The largest absolute Gasteiger partial charge is 0.236 e. The maximum Gasteiger partial charge on any atom is 0.129 e. The molecule has 1 aromatic heterocycles. The molecule has 0 aliphatic rings. The zero-order valence-corrected chi connectivity index (χ0v) is 11.0. The second-order valence-electron chi connectivity index (χ2n) is 3.47. The van der Waals surface area contributed by atoms with E-state index in [2.05, 4.69) is 45.2 Å². The van der Waals surface area contributed by atoms with E-state index in [4.69, 9.17) is 11.6 Å². The molecule has 1 nitrogen and oxygen atoms in total. The third-order valence-corrected chi connectivity index (χ3v) is 2.93. The molecule has 0 saturated heterocycles. The first-order chi connectivity index (χ1) is 7.79. The predicted molar refractivity (Wildman–Crippen MR) is 74.2 cm³/mol. The van der Waals surface area contributed by atoms with Gasteiger partial charge in [0.1, 0.15) is 5.15 Å². The number of benzene rings is 1. The van der Waals surface area contributed by atoms with Crippen LogP contribution >= 0.6 is 27.5 Å². The van der Waals surface area contributed by atoms with Crippen LogP contribution in [0.1, 0.15) is 12.0 Å². The molecule has 1 aromatic carbocycles. The first-order valence-corrected chi connectivity index (χ1v) is 6.58. The molecule has 0 spiro atoms. The number of alkyl halides is 1. The Morgan fingerprint density at radius 3 is 2.94 bits per heavy atom. The second kappa shape index (κ2) is 5.46. The highest BCUT2D eigenvalue weighted by Crippen LogP contribution is 2.17. The van der Waals surface area contributed by atoms with E-state index in [1.807, 2.05) is 18.2 Å². The van der Waals surface area contributed by atoms with E-state index in [-0.39, 0.29) is 0 Å². The molecule has 0 atom stereocenters. The molecule has 0 radical (unpaired) electrons. The lowest BCUT2D eigenvalue weighted by atomic mass is 10.1. The van der Waals surface area contributed by atoms with Gasteiger partial charge in [-0.1, -0.05) is 45.7 Å². The number of fused-ring (bicyclic) bond motifs is 1. The summed E-state index contributed by atoms with van der Waals surface area (Å²) in [6.45, 7) is 0. The molecule has 0 N–H and O–H groups in total. The number of hydrogen-bond acceptors (Lipinski definition) is 1. The van der Waals surface area contributed by atoms with Crippen molar-refractivity contribution >= 4 is 44.5 Å². The minimum atomic E-state index is 0.537. The summed E-state index contributed by atoms with van der Waals surface area (Å²) < 4.78 is 0. The van der Waals surface area contributed by atoms with E-state index in [0.29, 0.717) is 5.15 Å². The zero-order chi connectivity index (χ0) is 11.4. The van der Waals surface area contributed by atoms with Crippen LogP contribution < -0.4 is 0 Å². The minimum Gasteiger partial charge on any atom is -0.236 e. The zero-order valence-electron chi connectivity index (χ0n) is 8.66. The van der Waals surface area contributed by atoms with Gasteiger partial charge in [0.15, 0.2) is 0 Å². The molecular weight excluding hydrogens is 286 g/mol. The van der Waals surface area contributed by atoms with E-state index in [1.54, 1.807) is 0 Å².